The van der Waals surface area contributed by atoms with Crippen LogP contribution in [0.25, 0.3) is 0 Å². The summed E-state index contributed by atoms with van der Waals surface area (Å²) < 4.78 is 5.65. The third kappa shape index (κ3) is 4.98. The molecule has 1 N–H and O–H groups in total. The Morgan fingerprint density at radius 3 is 2.00 bits per heavy atom. The van der Waals surface area contributed by atoms with Crippen molar-refractivity contribution in [1.29, 1.82) is 0 Å². The molecule has 0 aliphatic rings. The molecule has 0 saturated heterocycles. The molecule has 27 heavy (non-hydrogen) atoms. The van der Waals surface area contributed by atoms with Crippen LogP contribution in [0.4, 0.5) is 0 Å². The van der Waals surface area contributed by atoms with Crippen molar-refractivity contribution in [2.24, 2.45) is 0 Å². The number of aryl methyl sites for hydroxylation is 1. The number of carbonyl (C=O) groups excluding carboxylic acids is 1. The molecular formula is C24H25NO2. The molecule has 0 fully saturated rings. The van der Waals surface area contributed by atoms with E-state index in [-0.39, 0.29) is 18.1 Å². The maximum absolute atomic E-state index is 12.9. The van der Waals surface area contributed by atoms with Gasteiger partial charge in [0.2, 0.25) is 0 Å². The van der Waals surface area contributed by atoms with Gasteiger partial charge in [-0.2, -0.15) is 0 Å². The molecule has 0 aliphatic carbocycles. The van der Waals surface area contributed by atoms with Crippen molar-refractivity contribution in [3.8, 4) is 5.75 Å². The first-order valence-electron chi connectivity index (χ1n) is 9.22. The second-order valence-electron chi connectivity index (χ2n) is 6.92. The highest BCUT2D eigenvalue weighted by molar-refractivity contribution is 5.94. The number of hydrogen-bond donors (Lipinski definition) is 1. The Hall–Kier alpha value is -3.07. The molecule has 0 saturated carbocycles. The van der Waals surface area contributed by atoms with Crippen LogP contribution < -0.4 is 10.1 Å². The Morgan fingerprint density at radius 2 is 1.41 bits per heavy atom. The fourth-order valence-corrected chi connectivity index (χ4v) is 2.93. The number of rotatable bonds is 6. The summed E-state index contributed by atoms with van der Waals surface area (Å²) in [5.41, 5.74) is 3.91. The van der Waals surface area contributed by atoms with Crippen molar-refractivity contribution in [2.45, 2.75) is 32.9 Å². The van der Waals surface area contributed by atoms with Gasteiger partial charge in [0.15, 0.2) is 0 Å². The average Bonchev–Trinajstić information content (AvgIpc) is 2.67. The van der Waals surface area contributed by atoms with Crippen LogP contribution >= 0.6 is 0 Å². The monoisotopic (exact) mass is 359 g/mol. The van der Waals surface area contributed by atoms with Gasteiger partial charge in [-0.15, -0.1) is 0 Å². The summed E-state index contributed by atoms with van der Waals surface area (Å²) in [5, 5.41) is 3.17. The Bertz CT molecular complexity index is 869. The zero-order valence-electron chi connectivity index (χ0n) is 16.0. The SMILES string of the molecule is Cc1ccc([C@H](NC(=O)c2ccc(OC(C)C)cc2)c2ccccc2)cc1. The van der Waals surface area contributed by atoms with Crippen molar-refractivity contribution in [3.05, 3.63) is 101 Å². The molecule has 3 rings (SSSR count). The largest absolute Gasteiger partial charge is 0.491 e. The first-order valence-corrected chi connectivity index (χ1v) is 9.22. The fraction of sp³-hybridized carbons (Fsp3) is 0.208. The van der Waals surface area contributed by atoms with Crippen molar-refractivity contribution in [1.82, 2.24) is 5.32 Å². The Kier molecular flexibility index (Phi) is 5.92. The second kappa shape index (κ2) is 8.54. The molecule has 0 aromatic heterocycles. The molecule has 3 aromatic rings. The average molecular weight is 359 g/mol. The minimum Gasteiger partial charge on any atom is -0.491 e. The molecule has 0 heterocycles. The molecule has 3 heteroatoms. The van der Waals surface area contributed by atoms with Crippen LogP contribution in [0, 0.1) is 6.92 Å². The second-order valence-corrected chi connectivity index (χ2v) is 6.92. The van der Waals surface area contributed by atoms with Crippen LogP contribution in [0.2, 0.25) is 0 Å². The smallest absolute Gasteiger partial charge is 0.252 e. The van der Waals surface area contributed by atoms with Crippen LogP contribution in [0.15, 0.2) is 78.9 Å². The maximum Gasteiger partial charge on any atom is 0.252 e. The van der Waals surface area contributed by atoms with E-state index in [1.54, 1.807) is 12.1 Å². The van der Waals surface area contributed by atoms with Crippen LogP contribution in [-0.2, 0) is 0 Å². The van der Waals surface area contributed by atoms with Crippen molar-refractivity contribution < 1.29 is 9.53 Å². The molecule has 3 nitrogen and oxygen atoms in total. The number of ether oxygens (including phenoxy) is 1. The van der Waals surface area contributed by atoms with Gasteiger partial charge in [0.25, 0.3) is 5.91 Å². The summed E-state index contributed by atoms with van der Waals surface area (Å²) >= 11 is 0. The number of hydrogen-bond acceptors (Lipinski definition) is 2. The first-order chi connectivity index (χ1) is 13.0. The van der Waals surface area contributed by atoms with E-state index in [9.17, 15) is 4.79 Å². The standard InChI is InChI=1S/C24H25NO2/c1-17(2)27-22-15-13-21(14-16-22)24(26)25-23(19-7-5-4-6-8-19)20-11-9-18(3)10-12-20/h4-17,23H,1-3H3,(H,25,26)/t23-/m1/s1. The van der Waals surface area contributed by atoms with Gasteiger partial charge >= 0.3 is 0 Å². The maximum atomic E-state index is 12.9. The van der Waals surface area contributed by atoms with Gasteiger partial charge in [-0.1, -0.05) is 60.2 Å². The van der Waals surface area contributed by atoms with E-state index in [2.05, 4.69) is 36.5 Å². The molecule has 0 bridgehead atoms. The lowest BCUT2D eigenvalue weighted by molar-refractivity contribution is 0.0943. The molecule has 1 atom stereocenters. The summed E-state index contributed by atoms with van der Waals surface area (Å²) in [6.45, 7) is 6.01. The molecule has 0 aliphatic heterocycles. The topological polar surface area (TPSA) is 38.3 Å². The van der Waals surface area contributed by atoms with Crippen molar-refractivity contribution in [2.75, 3.05) is 0 Å². The Labute approximate surface area is 161 Å². The number of benzene rings is 3. The summed E-state index contributed by atoms with van der Waals surface area (Å²) in [4.78, 5) is 12.9. The molecule has 0 unspecified atom stereocenters. The zero-order chi connectivity index (χ0) is 19.2. The van der Waals surface area contributed by atoms with E-state index in [1.165, 1.54) is 5.56 Å². The van der Waals surface area contributed by atoms with Crippen LogP contribution in [0.3, 0.4) is 0 Å². The highest BCUT2D eigenvalue weighted by Crippen LogP contribution is 2.23. The van der Waals surface area contributed by atoms with Gasteiger partial charge in [0.1, 0.15) is 5.75 Å². The van der Waals surface area contributed by atoms with E-state index in [1.807, 2.05) is 56.3 Å². The van der Waals surface area contributed by atoms with Crippen LogP contribution in [0.1, 0.15) is 46.9 Å². The third-order valence-corrected chi connectivity index (χ3v) is 4.31. The summed E-state index contributed by atoms with van der Waals surface area (Å²) in [5.74, 6) is 0.653. The molecule has 1 amide bonds. The lowest BCUT2D eigenvalue weighted by Crippen LogP contribution is -2.29. The summed E-state index contributed by atoms with van der Waals surface area (Å²) in [6.07, 6.45) is 0.105. The molecule has 3 aromatic carbocycles. The predicted octanol–water partition coefficient (Wildman–Crippen LogP) is 5.30. The van der Waals surface area contributed by atoms with Gasteiger partial charge < -0.3 is 10.1 Å². The van der Waals surface area contributed by atoms with E-state index < -0.39 is 0 Å². The fourth-order valence-electron chi connectivity index (χ4n) is 2.93. The Morgan fingerprint density at radius 1 is 0.815 bits per heavy atom. The van der Waals surface area contributed by atoms with Crippen LogP contribution in [-0.4, -0.2) is 12.0 Å². The van der Waals surface area contributed by atoms with E-state index in [4.69, 9.17) is 4.74 Å². The highest BCUT2D eigenvalue weighted by Gasteiger charge is 2.17. The van der Waals surface area contributed by atoms with Gasteiger partial charge in [-0.05, 0) is 56.2 Å². The van der Waals surface area contributed by atoms with Crippen molar-refractivity contribution >= 4 is 5.91 Å². The van der Waals surface area contributed by atoms with Gasteiger partial charge in [-0.25, -0.2) is 0 Å². The normalized spacial score (nSPS) is 11.9. The number of nitrogens with one attached hydrogen (secondary N) is 1. The molecule has 138 valence electrons. The van der Waals surface area contributed by atoms with Gasteiger partial charge in [0.05, 0.1) is 12.1 Å². The minimum atomic E-state index is -0.203. The van der Waals surface area contributed by atoms with Gasteiger partial charge in [0, 0.05) is 5.56 Å². The first kappa shape index (κ1) is 18.7. The van der Waals surface area contributed by atoms with E-state index in [0.717, 1.165) is 16.9 Å². The lowest BCUT2D eigenvalue weighted by Gasteiger charge is -2.20. The number of carbonyl (C=O) groups is 1. The van der Waals surface area contributed by atoms with E-state index in [0.29, 0.717) is 5.56 Å². The summed E-state index contributed by atoms with van der Waals surface area (Å²) in [6, 6.07) is 25.3. The van der Waals surface area contributed by atoms with E-state index >= 15 is 0 Å². The quantitative estimate of drug-likeness (QED) is 0.648. The zero-order valence-corrected chi connectivity index (χ0v) is 16.0. The number of amides is 1. The lowest BCUT2D eigenvalue weighted by atomic mass is 9.97. The highest BCUT2D eigenvalue weighted by atomic mass is 16.5. The molecule has 0 spiro atoms. The molecule has 0 radical (unpaired) electrons. The van der Waals surface area contributed by atoms with Crippen molar-refractivity contribution in [3.63, 3.8) is 0 Å². The molecular weight excluding hydrogens is 334 g/mol. The minimum absolute atomic E-state index is 0.105. The van der Waals surface area contributed by atoms with Gasteiger partial charge in [-0.3, -0.25) is 4.79 Å². The Balaban J connectivity index is 1.83. The van der Waals surface area contributed by atoms with Crippen LogP contribution in [0.5, 0.6) is 5.75 Å². The summed E-state index contributed by atoms with van der Waals surface area (Å²) in [7, 11) is 0. The third-order valence-electron chi connectivity index (χ3n) is 4.31. The predicted molar refractivity (Wildman–Crippen MR) is 109 cm³/mol.